The third-order valence-corrected chi connectivity index (χ3v) is 3.31. The SMILES string of the molecule is Cc1ccc(-c2ncc(CCl)c(C(C)C)n2)cc1F. The molecular weight excluding hydrogens is 263 g/mol. The molecule has 2 rings (SSSR count). The van der Waals surface area contributed by atoms with Crippen LogP contribution >= 0.6 is 11.6 Å². The number of aryl methyl sites for hydroxylation is 1. The molecule has 1 aromatic carbocycles. The van der Waals surface area contributed by atoms with Crippen LogP contribution in [0.4, 0.5) is 4.39 Å². The standard InChI is InChI=1S/C15H16ClFN2/c1-9(2)14-12(7-16)8-18-15(19-14)11-5-4-10(3)13(17)6-11/h4-6,8-9H,7H2,1-3H3. The highest BCUT2D eigenvalue weighted by atomic mass is 35.5. The summed E-state index contributed by atoms with van der Waals surface area (Å²) < 4.78 is 13.6. The molecule has 0 radical (unpaired) electrons. The molecule has 2 aromatic rings. The Labute approximate surface area is 117 Å². The van der Waals surface area contributed by atoms with Gasteiger partial charge in [-0.1, -0.05) is 26.0 Å². The second-order valence-electron chi connectivity index (χ2n) is 4.86. The minimum Gasteiger partial charge on any atom is -0.236 e. The van der Waals surface area contributed by atoms with Crippen molar-refractivity contribution < 1.29 is 4.39 Å². The fourth-order valence-corrected chi connectivity index (χ4v) is 2.10. The molecule has 0 bridgehead atoms. The third-order valence-electron chi connectivity index (χ3n) is 3.02. The van der Waals surface area contributed by atoms with Crippen molar-refractivity contribution in [3.05, 3.63) is 47.0 Å². The molecule has 0 saturated heterocycles. The maximum atomic E-state index is 13.6. The zero-order valence-electron chi connectivity index (χ0n) is 11.2. The minimum atomic E-state index is -0.242. The van der Waals surface area contributed by atoms with E-state index in [4.69, 9.17) is 11.6 Å². The first-order valence-corrected chi connectivity index (χ1v) is 6.74. The Morgan fingerprint density at radius 3 is 2.63 bits per heavy atom. The number of hydrogen-bond acceptors (Lipinski definition) is 2. The summed E-state index contributed by atoms with van der Waals surface area (Å²) in [5.74, 6) is 0.937. The topological polar surface area (TPSA) is 25.8 Å². The summed E-state index contributed by atoms with van der Waals surface area (Å²) in [4.78, 5) is 8.79. The first kappa shape index (κ1) is 13.9. The zero-order chi connectivity index (χ0) is 14.0. The Morgan fingerprint density at radius 2 is 2.05 bits per heavy atom. The van der Waals surface area contributed by atoms with E-state index in [2.05, 4.69) is 23.8 Å². The average Bonchev–Trinajstić information content (AvgIpc) is 2.41. The summed E-state index contributed by atoms with van der Waals surface area (Å²) in [6.45, 7) is 5.84. The summed E-state index contributed by atoms with van der Waals surface area (Å²) >= 11 is 5.88. The number of hydrogen-bond donors (Lipinski definition) is 0. The first-order valence-electron chi connectivity index (χ1n) is 6.21. The van der Waals surface area contributed by atoms with Gasteiger partial charge in [-0.2, -0.15) is 0 Å². The Bertz CT molecular complexity index is 597. The lowest BCUT2D eigenvalue weighted by Gasteiger charge is -2.11. The van der Waals surface area contributed by atoms with Gasteiger partial charge in [0.1, 0.15) is 5.82 Å². The van der Waals surface area contributed by atoms with E-state index in [0.717, 1.165) is 11.3 Å². The molecule has 0 amide bonds. The van der Waals surface area contributed by atoms with Crippen LogP contribution in [0, 0.1) is 12.7 Å². The number of aromatic nitrogens is 2. The lowest BCUT2D eigenvalue weighted by atomic mass is 10.1. The summed E-state index contributed by atoms with van der Waals surface area (Å²) in [5, 5.41) is 0. The monoisotopic (exact) mass is 278 g/mol. The van der Waals surface area contributed by atoms with Gasteiger partial charge >= 0.3 is 0 Å². The fourth-order valence-electron chi connectivity index (χ4n) is 1.89. The van der Waals surface area contributed by atoms with Crippen LogP contribution in [0.15, 0.2) is 24.4 Å². The zero-order valence-corrected chi connectivity index (χ0v) is 12.0. The largest absolute Gasteiger partial charge is 0.236 e. The van der Waals surface area contributed by atoms with Crippen molar-refractivity contribution in [2.45, 2.75) is 32.6 Å². The van der Waals surface area contributed by atoms with Crippen LogP contribution in [0.5, 0.6) is 0 Å². The lowest BCUT2D eigenvalue weighted by Crippen LogP contribution is -2.02. The van der Waals surface area contributed by atoms with Gasteiger partial charge in [0.05, 0.1) is 11.6 Å². The number of benzene rings is 1. The van der Waals surface area contributed by atoms with E-state index in [9.17, 15) is 4.39 Å². The molecule has 0 atom stereocenters. The number of halogens is 2. The quantitative estimate of drug-likeness (QED) is 0.775. The Hall–Kier alpha value is -1.48. The fraction of sp³-hybridized carbons (Fsp3) is 0.333. The van der Waals surface area contributed by atoms with Crippen molar-refractivity contribution in [2.24, 2.45) is 0 Å². The minimum absolute atomic E-state index is 0.242. The predicted octanol–water partition coefficient (Wildman–Crippen LogP) is 4.45. The molecule has 0 fully saturated rings. The van der Waals surface area contributed by atoms with Gasteiger partial charge in [0.15, 0.2) is 5.82 Å². The highest BCUT2D eigenvalue weighted by Crippen LogP contribution is 2.23. The van der Waals surface area contributed by atoms with E-state index in [-0.39, 0.29) is 11.7 Å². The molecule has 0 aliphatic rings. The first-order chi connectivity index (χ1) is 9.02. The van der Waals surface area contributed by atoms with Crippen molar-refractivity contribution in [3.8, 4) is 11.4 Å². The highest BCUT2D eigenvalue weighted by Gasteiger charge is 2.12. The maximum absolute atomic E-state index is 13.6. The van der Waals surface area contributed by atoms with Gasteiger partial charge < -0.3 is 0 Å². The van der Waals surface area contributed by atoms with Crippen molar-refractivity contribution in [1.29, 1.82) is 0 Å². The molecule has 1 heterocycles. The number of rotatable bonds is 3. The van der Waals surface area contributed by atoms with Crippen LogP contribution in [0.25, 0.3) is 11.4 Å². The lowest BCUT2D eigenvalue weighted by molar-refractivity contribution is 0.619. The van der Waals surface area contributed by atoms with E-state index in [1.165, 1.54) is 6.07 Å². The van der Waals surface area contributed by atoms with Crippen molar-refractivity contribution in [1.82, 2.24) is 9.97 Å². The van der Waals surface area contributed by atoms with Gasteiger partial charge in [0, 0.05) is 17.3 Å². The number of alkyl halides is 1. The van der Waals surface area contributed by atoms with Gasteiger partial charge in [0.25, 0.3) is 0 Å². The van der Waals surface area contributed by atoms with E-state index >= 15 is 0 Å². The second kappa shape index (κ2) is 5.66. The molecule has 4 heteroatoms. The van der Waals surface area contributed by atoms with Crippen molar-refractivity contribution >= 4 is 11.6 Å². The van der Waals surface area contributed by atoms with Crippen LogP contribution in [0.3, 0.4) is 0 Å². The molecule has 19 heavy (non-hydrogen) atoms. The molecule has 0 aliphatic heterocycles. The molecule has 100 valence electrons. The van der Waals surface area contributed by atoms with E-state index in [1.54, 1.807) is 19.2 Å². The highest BCUT2D eigenvalue weighted by molar-refractivity contribution is 6.17. The molecule has 1 aromatic heterocycles. The van der Waals surface area contributed by atoms with Gasteiger partial charge in [-0.25, -0.2) is 14.4 Å². The summed E-state index contributed by atoms with van der Waals surface area (Å²) in [7, 11) is 0. The van der Waals surface area contributed by atoms with E-state index in [0.29, 0.717) is 22.8 Å². The predicted molar refractivity (Wildman–Crippen MR) is 75.8 cm³/mol. The van der Waals surface area contributed by atoms with Gasteiger partial charge in [-0.15, -0.1) is 11.6 Å². The van der Waals surface area contributed by atoms with Gasteiger partial charge in [0.2, 0.25) is 0 Å². The summed E-state index contributed by atoms with van der Waals surface area (Å²) in [6.07, 6.45) is 1.72. The molecular formula is C15H16ClFN2. The average molecular weight is 279 g/mol. The number of nitrogens with zero attached hydrogens (tertiary/aromatic N) is 2. The van der Waals surface area contributed by atoms with Gasteiger partial charge in [-0.05, 0) is 24.5 Å². The van der Waals surface area contributed by atoms with Crippen LogP contribution in [0.1, 0.15) is 36.6 Å². The van der Waals surface area contributed by atoms with E-state index < -0.39 is 0 Å². The van der Waals surface area contributed by atoms with Crippen molar-refractivity contribution in [3.63, 3.8) is 0 Å². The molecule has 0 unspecified atom stereocenters. The van der Waals surface area contributed by atoms with Crippen LogP contribution in [-0.2, 0) is 5.88 Å². The smallest absolute Gasteiger partial charge is 0.159 e. The van der Waals surface area contributed by atoms with E-state index in [1.807, 2.05) is 6.07 Å². The molecule has 0 aliphatic carbocycles. The maximum Gasteiger partial charge on any atom is 0.159 e. The molecule has 0 saturated carbocycles. The summed E-state index contributed by atoms with van der Waals surface area (Å²) in [5.41, 5.74) is 3.14. The third kappa shape index (κ3) is 2.92. The molecule has 0 spiro atoms. The van der Waals surface area contributed by atoms with Crippen LogP contribution in [0.2, 0.25) is 0 Å². The summed E-state index contributed by atoms with van der Waals surface area (Å²) in [6, 6.07) is 5.03. The normalized spacial score (nSPS) is 11.1. The molecule has 2 nitrogen and oxygen atoms in total. The molecule has 0 N–H and O–H groups in total. The van der Waals surface area contributed by atoms with Crippen LogP contribution < -0.4 is 0 Å². The second-order valence-corrected chi connectivity index (χ2v) is 5.12. The van der Waals surface area contributed by atoms with Crippen molar-refractivity contribution in [2.75, 3.05) is 0 Å². The Kier molecular flexibility index (Phi) is 4.15. The van der Waals surface area contributed by atoms with Crippen LogP contribution in [-0.4, -0.2) is 9.97 Å². The Balaban J connectivity index is 2.50. The van der Waals surface area contributed by atoms with Gasteiger partial charge in [-0.3, -0.25) is 0 Å². The Morgan fingerprint density at radius 1 is 1.32 bits per heavy atom.